The van der Waals surface area contributed by atoms with Crippen LogP contribution in [0.3, 0.4) is 0 Å². The van der Waals surface area contributed by atoms with Crippen molar-refractivity contribution in [2.75, 3.05) is 6.54 Å². The van der Waals surface area contributed by atoms with Crippen molar-refractivity contribution in [1.82, 2.24) is 15.2 Å². The maximum atomic E-state index is 13.1. The minimum atomic E-state index is -1.14. The van der Waals surface area contributed by atoms with Gasteiger partial charge in [0.15, 0.2) is 6.10 Å². The summed E-state index contributed by atoms with van der Waals surface area (Å²) in [6.45, 7) is 6.99. The van der Waals surface area contributed by atoms with Crippen molar-refractivity contribution in [2.24, 2.45) is 0 Å². The van der Waals surface area contributed by atoms with Crippen LogP contribution in [0.4, 0.5) is 9.18 Å². The molecule has 1 heterocycles. The minimum Gasteiger partial charge on any atom is -0.449 e. The zero-order chi connectivity index (χ0) is 20.1. The Bertz CT molecular complexity index is 859. The lowest BCUT2D eigenvalue weighted by molar-refractivity contribution is -0.127. The van der Waals surface area contributed by atoms with Crippen LogP contribution < -0.4 is 10.6 Å². The summed E-state index contributed by atoms with van der Waals surface area (Å²) in [7, 11) is 0. The number of nitrogens with zero attached hydrogens (tertiary/aromatic N) is 1. The molecule has 1 aromatic carbocycles. The number of carbonyl (C=O) groups excluding carboxylic acids is 3. The van der Waals surface area contributed by atoms with E-state index in [1.54, 1.807) is 43.5 Å². The number of ether oxygens (including phenoxy) is 1. The van der Waals surface area contributed by atoms with Crippen LogP contribution in [-0.4, -0.2) is 35.1 Å². The Labute approximate surface area is 156 Å². The summed E-state index contributed by atoms with van der Waals surface area (Å²) in [6.07, 6.45) is -1.14. The summed E-state index contributed by atoms with van der Waals surface area (Å²) in [5.41, 5.74) is 2.34. The van der Waals surface area contributed by atoms with Crippen molar-refractivity contribution in [2.45, 2.75) is 33.8 Å². The van der Waals surface area contributed by atoms with E-state index in [1.807, 2.05) is 0 Å². The van der Waals surface area contributed by atoms with E-state index in [4.69, 9.17) is 4.74 Å². The predicted octanol–water partition coefficient (Wildman–Crippen LogP) is 2.62. The first-order valence-corrected chi connectivity index (χ1v) is 8.49. The smallest absolute Gasteiger partial charge is 0.340 e. The molecule has 0 aliphatic heterocycles. The van der Waals surface area contributed by atoms with Gasteiger partial charge in [-0.1, -0.05) is 0 Å². The zero-order valence-electron chi connectivity index (χ0n) is 15.6. The molecule has 8 heteroatoms. The number of urea groups is 1. The van der Waals surface area contributed by atoms with Gasteiger partial charge in [0.05, 0.1) is 5.56 Å². The largest absolute Gasteiger partial charge is 0.449 e. The van der Waals surface area contributed by atoms with Gasteiger partial charge < -0.3 is 14.6 Å². The van der Waals surface area contributed by atoms with E-state index in [-0.39, 0.29) is 11.4 Å². The highest BCUT2D eigenvalue weighted by molar-refractivity contribution is 5.98. The number of carbonyl (C=O) groups is 3. The summed E-state index contributed by atoms with van der Waals surface area (Å²) >= 11 is 0. The quantitative estimate of drug-likeness (QED) is 0.786. The number of aryl methyl sites for hydroxylation is 1. The Morgan fingerprint density at radius 3 is 2.41 bits per heavy atom. The first kappa shape index (κ1) is 20.2. The number of hydrogen-bond donors (Lipinski definition) is 2. The Balaban J connectivity index is 2.15. The van der Waals surface area contributed by atoms with Gasteiger partial charge in [-0.3, -0.25) is 10.1 Å². The number of imide groups is 1. The summed E-state index contributed by atoms with van der Waals surface area (Å²) in [4.78, 5) is 35.8. The van der Waals surface area contributed by atoms with Crippen molar-refractivity contribution < 1.29 is 23.5 Å². The number of aromatic nitrogens is 1. The van der Waals surface area contributed by atoms with Crippen molar-refractivity contribution in [3.8, 4) is 5.69 Å². The average molecular weight is 375 g/mol. The number of hydrogen-bond acceptors (Lipinski definition) is 4. The van der Waals surface area contributed by atoms with Crippen molar-refractivity contribution in [3.05, 3.63) is 53.1 Å². The Morgan fingerprint density at radius 1 is 1.19 bits per heavy atom. The van der Waals surface area contributed by atoms with Crippen molar-refractivity contribution in [3.63, 3.8) is 0 Å². The lowest BCUT2D eigenvalue weighted by Crippen LogP contribution is -2.44. The van der Waals surface area contributed by atoms with Gasteiger partial charge in [-0.05, 0) is 58.0 Å². The molecule has 2 aromatic rings. The maximum Gasteiger partial charge on any atom is 0.340 e. The molecular formula is C19H22FN3O4. The molecule has 0 aliphatic carbocycles. The van der Waals surface area contributed by atoms with Crippen LogP contribution in [0.15, 0.2) is 30.3 Å². The van der Waals surface area contributed by atoms with E-state index in [0.717, 1.165) is 5.69 Å². The molecule has 7 nitrogen and oxygen atoms in total. The third-order valence-electron chi connectivity index (χ3n) is 3.96. The topological polar surface area (TPSA) is 89.4 Å². The van der Waals surface area contributed by atoms with Crippen LogP contribution >= 0.6 is 0 Å². The number of amides is 3. The molecule has 2 rings (SSSR count). The molecule has 0 bridgehead atoms. The summed E-state index contributed by atoms with van der Waals surface area (Å²) in [6, 6.07) is 6.86. The van der Waals surface area contributed by atoms with Crippen LogP contribution in [0.2, 0.25) is 0 Å². The molecular weight excluding hydrogens is 353 g/mol. The van der Waals surface area contributed by atoms with Gasteiger partial charge in [0.1, 0.15) is 5.82 Å². The second kappa shape index (κ2) is 8.48. The number of halogens is 1. The van der Waals surface area contributed by atoms with Gasteiger partial charge >= 0.3 is 12.0 Å². The van der Waals surface area contributed by atoms with Crippen LogP contribution in [-0.2, 0) is 9.53 Å². The van der Waals surface area contributed by atoms with Crippen molar-refractivity contribution in [1.29, 1.82) is 0 Å². The van der Waals surface area contributed by atoms with Gasteiger partial charge in [-0.2, -0.15) is 0 Å². The standard InChI is InChI=1S/C19H22FN3O4/c1-5-21-19(26)22-17(24)13(4)27-18(25)16-10-11(2)23(12(16)3)15-8-6-14(20)7-9-15/h6-10,13H,5H2,1-4H3,(H2,21,22,24,26). The maximum absolute atomic E-state index is 13.1. The molecule has 0 saturated carbocycles. The molecule has 144 valence electrons. The van der Waals surface area contributed by atoms with Gasteiger partial charge in [0, 0.05) is 23.6 Å². The highest BCUT2D eigenvalue weighted by atomic mass is 19.1. The fourth-order valence-corrected chi connectivity index (χ4v) is 2.65. The fraction of sp³-hybridized carbons (Fsp3) is 0.316. The molecule has 0 saturated heterocycles. The van der Waals surface area contributed by atoms with Gasteiger partial charge in [-0.15, -0.1) is 0 Å². The number of esters is 1. The number of benzene rings is 1. The minimum absolute atomic E-state index is 0.287. The zero-order valence-corrected chi connectivity index (χ0v) is 15.6. The van der Waals surface area contributed by atoms with Crippen LogP contribution in [0.1, 0.15) is 35.6 Å². The summed E-state index contributed by atoms with van der Waals surface area (Å²) < 4.78 is 20.1. The Morgan fingerprint density at radius 2 is 1.81 bits per heavy atom. The van der Waals surface area contributed by atoms with Gasteiger partial charge in [0.2, 0.25) is 0 Å². The van der Waals surface area contributed by atoms with E-state index in [9.17, 15) is 18.8 Å². The monoisotopic (exact) mass is 375 g/mol. The molecule has 0 radical (unpaired) electrons. The molecule has 1 aromatic heterocycles. The van der Waals surface area contributed by atoms with Crippen LogP contribution in [0.25, 0.3) is 5.69 Å². The lowest BCUT2D eigenvalue weighted by atomic mass is 10.2. The molecule has 27 heavy (non-hydrogen) atoms. The molecule has 2 N–H and O–H groups in total. The predicted molar refractivity (Wildman–Crippen MR) is 97.3 cm³/mol. The molecule has 3 amide bonds. The first-order chi connectivity index (χ1) is 12.7. The van der Waals surface area contributed by atoms with Gasteiger partial charge in [-0.25, -0.2) is 14.0 Å². The second-order valence-electron chi connectivity index (χ2n) is 5.99. The number of nitrogens with one attached hydrogen (secondary N) is 2. The fourth-order valence-electron chi connectivity index (χ4n) is 2.65. The summed E-state index contributed by atoms with van der Waals surface area (Å²) in [5.74, 6) is -1.76. The van der Waals surface area contributed by atoms with Crippen LogP contribution in [0.5, 0.6) is 0 Å². The first-order valence-electron chi connectivity index (χ1n) is 8.49. The molecule has 0 fully saturated rings. The van der Waals surface area contributed by atoms with Gasteiger partial charge in [0.25, 0.3) is 5.91 Å². The highest BCUT2D eigenvalue weighted by Crippen LogP contribution is 2.22. The van der Waals surface area contributed by atoms with E-state index in [2.05, 4.69) is 10.6 Å². The average Bonchev–Trinajstić information content (AvgIpc) is 2.90. The van der Waals surface area contributed by atoms with E-state index in [1.165, 1.54) is 19.1 Å². The molecule has 0 aliphatic rings. The highest BCUT2D eigenvalue weighted by Gasteiger charge is 2.24. The third kappa shape index (κ3) is 4.72. The van der Waals surface area contributed by atoms with E-state index < -0.39 is 24.0 Å². The Hall–Kier alpha value is -3.16. The van der Waals surface area contributed by atoms with E-state index >= 15 is 0 Å². The van der Waals surface area contributed by atoms with Crippen molar-refractivity contribution >= 4 is 17.9 Å². The molecule has 1 unspecified atom stereocenters. The summed E-state index contributed by atoms with van der Waals surface area (Å²) in [5, 5.41) is 4.51. The van der Waals surface area contributed by atoms with E-state index in [0.29, 0.717) is 17.9 Å². The second-order valence-corrected chi connectivity index (χ2v) is 5.99. The molecule has 1 atom stereocenters. The molecule has 0 spiro atoms. The Kier molecular flexibility index (Phi) is 6.33. The van der Waals surface area contributed by atoms with Crippen LogP contribution in [0, 0.1) is 19.7 Å². The lowest BCUT2D eigenvalue weighted by Gasteiger charge is -2.13. The normalized spacial score (nSPS) is 11.6. The number of rotatable bonds is 5. The third-order valence-corrected chi connectivity index (χ3v) is 3.96. The SMILES string of the molecule is CCNC(=O)NC(=O)C(C)OC(=O)c1cc(C)n(-c2ccc(F)cc2)c1C.